The molecule has 0 aliphatic carbocycles. The molecule has 7 heteroatoms. The Balaban J connectivity index is 1.51. The first-order valence-electron chi connectivity index (χ1n) is 11.1. The van der Waals surface area contributed by atoms with E-state index in [1.807, 2.05) is 42.5 Å². The summed E-state index contributed by atoms with van der Waals surface area (Å²) < 4.78 is 5.81. The van der Waals surface area contributed by atoms with Gasteiger partial charge in [-0.25, -0.2) is 0 Å². The topological polar surface area (TPSA) is 71.5 Å². The van der Waals surface area contributed by atoms with Crippen molar-refractivity contribution < 1.29 is 14.3 Å². The van der Waals surface area contributed by atoms with Crippen LogP contribution in [0.5, 0.6) is 5.75 Å². The summed E-state index contributed by atoms with van der Waals surface area (Å²) in [7, 11) is 0. The highest BCUT2D eigenvalue weighted by Gasteiger charge is 2.31. The Hall–Kier alpha value is -3.38. The average Bonchev–Trinajstić information content (AvgIpc) is 3.06. The zero-order valence-corrected chi connectivity index (χ0v) is 19.0. The van der Waals surface area contributed by atoms with Gasteiger partial charge in [0.15, 0.2) is 0 Å². The molecule has 1 aliphatic heterocycles. The number of benzene rings is 2. The third-order valence-electron chi connectivity index (χ3n) is 5.60. The van der Waals surface area contributed by atoms with Crippen LogP contribution in [0, 0.1) is 0 Å². The molecule has 1 fully saturated rings. The maximum absolute atomic E-state index is 13.4. The third-order valence-corrected chi connectivity index (χ3v) is 5.84. The lowest BCUT2D eigenvalue weighted by Gasteiger charge is -2.30. The Morgan fingerprint density at radius 1 is 1.09 bits per heavy atom. The number of rotatable bonds is 7. The molecule has 1 N–H and O–H groups in total. The number of carbonyl (C=O) groups is 2. The monoisotopic (exact) mass is 463 g/mol. The SMILES string of the molecule is O=C1NCCCC[C@@H]1N(Cc1ccc(OCc2ccccn2)cc1)C(=O)c1cccc(Cl)c1. The van der Waals surface area contributed by atoms with Crippen molar-refractivity contribution in [2.45, 2.75) is 38.5 Å². The van der Waals surface area contributed by atoms with Crippen molar-refractivity contribution in [3.63, 3.8) is 0 Å². The number of nitrogens with one attached hydrogen (secondary N) is 1. The van der Waals surface area contributed by atoms with Gasteiger partial charge in [0.2, 0.25) is 5.91 Å². The molecule has 4 rings (SSSR count). The summed E-state index contributed by atoms with van der Waals surface area (Å²) in [5.74, 6) is 0.387. The zero-order chi connectivity index (χ0) is 23.0. The number of pyridine rings is 1. The summed E-state index contributed by atoms with van der Waals surface area (Å²) in [5, 5.41) is 3.42. The molecule has 1 aromatic heterocycles. The normalized spacial score (nSPS) is 15.9. The minimum Gasteiger partial charge on any atom is -0.487 e. The minimum absolute atomic E-state index is 0.113. The fourth-order valence-corrected chi connectivity index (χ4v) is 4.05. The van der Waals surface area contributed by atoms with Crippen LogP contribution in [0.1, 0.15) is 40.9 Å². The molecule has 1 atom stereocenters. The Bertz CT molecular complexity index is 1090. The molecule has 33 heavy (non-hydrogen) atoms. The maximum Gasteiger partial charge on any atom is 0.254 e. The van der Waals surface area contributed by atoms with Crippen LogP contribution in [0.2, 0.25) is 5.02 Å². The first-order chi connectivity index (χ1) is 16.1. The van der Waals surface area contributed by atoms with Gasteiger partial charge >= 0.3 is 0 Å². The molecule has 2 aromatic carbocycles. The Morgan fingerprint density at radius 2 is 1.94 bits per heavy atom. The smallest absolute Gasteiger partial charge is 0.254 e. The molecule has 2 heterocycles. The zero-order valence-electron chi connectivity index (χ0n) is 18.2. The van der Waals surface area contributed by atoms with Gasteiger partial charge in [0.1, 0.15) is 18.4 Å². The summed E-state index contributed by atoms with van der Waals surface area (Å²) in [4.78, 5) is 32.1. The van der Waals surface area contributed by atoms with Gasteiger partial charge in [0.05, 0.1) is 5.69 Å². The first kappa shape index (κ1) is 22.8. The second-order valence-corrected chi connectivity index (χ2v) is 8.44. The van der Waals surface area contributed by atoms with E-state index in [0.717, 1.165) is 24.1 Å². The number of hydrogen-bond donors (Lipinski definition) is 1. The molecule has 6 nitrogen and oxygen atoms in total. The Labute approximate surface area is 198 Å². The van der Waals surface area contributed by atoms with Gasteiger partial charge in [-0.1, -0.05) is 35.9 Å². The van der Waals surface area contributed by atoms with Gasteiger partial charge in [-0.2, -0.15) is 0 Å². The van der Waals surface area contributed by atoms with Crippen LogP contribution >= 0.6 is 11.6 Å². The lowest BCUT2D eigenvalue weighted by molar-refractivity contribution is -0.125. The van der Waals surface area contributed by atoms with Gasteiger partial charge < -0.3 is 15.0 Å². The molecule has 1 saturated heterocycles. The number of hydrogen-bond acceptors (Lipinski definition) is 4. The lowest BCUT2D eigenvalue weighted by atomic mass is 10.1. The van der Waals surface area contributed by atoms with Crippen LogP contribution in [-0.2, 0) is 17.9 Å². The van der Waals surface area contributed by atoms with E-state index in [1.165, 1.54) is 0 Å². The van der Waals surface area contributed by atoms with Crippen LogP contribution in [-0.4, -0.2) is 34.3 Å². The van der Waals surface area contributed by atoms with Crippen molar-refractivity contribution in [2.75, 3.05) is 6.54 Å². The molecular weight excluding hydrogens is 438 g/mol. The fraction of sp³-hybridized carbons (Fsp3) is 0.269. The summed E-state index contributed by atoms with van der Waals surface area (Å²) in [5.41, 5.74) is 2.22. The van der Waals surface area contributed by atoms with Gasteiger partial charge in [-0.3, -0.25) is 14.6 Å². The number of amides is 2. The number of halogens is 1. The quantitative estimate of drug-likeness (QED) is 0.554. The van der Waals surface area contributed by atoms with Crippen molar-refractivity contribution in [1.82, 2.24) is 15.2 Å². The van der Waals surface area contributed by atoms with E-state index >= 15 is 0 Å². The van der Waals surface area contributed by atoms with Gasteiger partial charge in [0.25, 0.3) is 5.91 Å². The van der Waals surface area contributed by atoms with E-state index in [1.54, 1.807) is 35.4 Å². The molecule has 0 spiro atoms. The summed E-state index contributed by atoms with van der Waals surface area (Å²) in [6, 6.07) is 19.6. The number of nitrogens with zero attached hydrogens (tertiary/aromatic N) is 2. The molecule has 170 valence electrons. The molecule has 1 aliphatic rings. The van der Waals surface area contributed by atoms with Crippen LogP contribution in [0.15, 0.2) is 72.9 Å². The van der Waals surface area contributed by atoms with Crippen LogP contribution < -0.4 is 10.1 Å². The summed E-state index contributed by atoms with van der Waals surface area (Å²) >= 11 is 6.12. The lowest BCUT2D eigenvalue weighted by Crippen LogP contribution is -2.48. The molecule has 3 aromatic rings. The van der Waals surface area contributed by atoms with Crippen LogP contribution in [0.25, 0.3) is 0 Å². The van der Waals surface area contributed by atoms with Crippen molar-refractivity contribution in [3.8, 4) is 5.75 Å². The van der Waals surface area contributed by atoms with Crippen molar-refractivity contribution in [1.29, 1.82) is 0 Å². The predicted molar refractivity (Wildman–Crippen MR) is 127 cm³/mol. The highest BCUT2D eigenvalue weighted by molar-refractivity contribution is 6.31. The number of carbonyl (C=O) groups excluding carboxylic acids is 2. The highest BCUT2D eigenvalue weighted by Crippen LogP contribution is 2.22. The van der Waals surface area contributed by atoms with Gasteiger partial charge in [0, 0.05) is 29.9 Å². The van der Waals surface area contributed by atoms with Gasteiger partial charge in [-0.15, -0.1) is 0 Å². The highest BCUT2D eigenvalue weighted by atomic mass is 35.5. The average molecular weight is 464 g/mol. The summed E-state index contributed by atoms with van der Waals surface area (Å²) in [6.07, 6.45) is 4.15. The van der Waals surface area contributed by atoms with Crippen LogP contribution in [0.3, 0.4) is 0 Å². The number of aromatic nitrogens is 1. The fourth-order valence-electron chi connectivity index (χ4n) is 3.86. The predicted octanol–water partition coefficient (Wildman–Crippen LogP) is 4.63. The van der Waals surface area contributed by atoms with E-state index in [2.05, 4.69) is 10.3 Å². The van der Waals surface area contributed by atoms with E-state index in [4.69, 9.17) is 16.3 Å². The van der Waals surface area contributed by atoms with Crippen molar-refractivity contribution >= 4 is 23.4 Å². The van der Waals surface area contributed by atoms with Crippen molar-refractivity contribution in [3.05, 3.63) is 94.8 Å². The standard InChI is InChI=1S/C26H26ClN3O3/c27-21-7-5-6-20(16-21)26(32)30(24-9-2-4-15-29-25(24)31)17-19-10-12-23(13-11-19)33-18-22-8-1-3-14-28-22/h1,3,5-8,10-14,16,24H,2,4,9,15,17-18H2,(H,29,31)/t24-/m0/s1. The molecule has 2 amide bonds. The molecule has 0 bridgehead atoms. The number of ether oxygens (including phenoxy) is 1. The van der Waals surface area contributed by atoms with E-state index < -0.39 is 6.04 Å². The minimum atomic E-state index is -0.529. The second kappa shape index (κ2) is 11.0. The van der Waals surface area contributed by atoms with Crippen LogP contribution in [0.4, 0.5) is 0 Å². The first-order valence-corrected chi connectivity index (χ1v) is 11.4. The van der Waals surface area contributed by atoms with E-state index in [-0.39, 0.29) is 11.8 Å². The maximum atomic E-state index is 13.4. The Morgan fingerprint density at radius 3 is 2.70 bits per heavy atom. The van der Waals surface area contributed by atoms with E-state index in [9.17, 15) is 9.59 Å². The van der Waals surface area contributed by atoms with Crippen molar-refractivity contribution in [2.24, 2.45) is 0 Å². The van der Waals surface area contributed by atoms with Gasteiger partial charge in [-0.05, 0) is 67.3 Å². The summed E-state index contributed by atoms with van der Waals surface area (Å²) in [6.45, 7) is 1.32. The Kier molecular flexibility index (Phi) is 7.58. The largest absolute Gasteiger partial charge is 0.487 e. The molecular formula is C26H26ClN3O3. The third kappa shape index (κ3) is 6.11. The van der Waals surface area contributed by atoms with E-state index in [0.29, 0.717) is 42.5 Å². The molecule has 0 saturated carbocycles. The second-order valence-electron chi connectivity index (χ2n) is 8.00. The molecule has 0 unspecified atom stereocenters. The molecule has 0 radical (unpaired) electrons.